The Labute approximate surface area is 104 Å². The van der Waals surface area contributed by atoms with Crippen molar-refractivity contribution in [1.82, 2.24) is 10.9 Å². The highest BCUT2D eigenvalue weighted by atomic mass is 32.1. The van der Waals surface area contributed by atoms with Crippen molar-refractivity contribution in [3.63, 3.8) is 0 Å². The van der Waals surface area contributed by atoms with Gasteiger partial charge in [-0.1, -0.05) is 6.92 Å². The van der Waals surface area contributed by atoms with E-state index in [1.165, 1.54) is 28.2 Å². The lowest BCUT2D eigenvalue weighted by Crippen LogP contribution is -2.41. The highest BCUT2D eigenvalue weighted by molar-refractivity contribution is 7.14. The first-order chi connectivity index (χ1) is 8.20. The predicted octanol–water partition coefficient (Wildman–Crippen LogP) is 1.80. The number of amides is 2. The van der Waals surface area contributed by atoms with Crippen LogP contribution in [0.2, 0.25) is 0 Å². The Bertz CT molecular complexity index is 418. The molecule has 2 rings (SSSR count). The fourth-order valence-electron chi connectivity index (χ4n) is 1.92. The number of rotatable bonds is 3. The molecule has 0 spiro atoms. The van der Waals surface area contributed by atoms with Gasteiger partial charge in [0, 0.05) is 11.3 Å². The van der Waals surface area contributed by atoms with Gasteiger partial charge < -0.3 is 0 Å². The number of thiophene rings is 1. The summed E-state index contributed by atoms with van der Waals surface area (Å²) in [6, 6.07) is 1.94. The van der Waals surface area contributed by atoms with E-state index in [1.807, 2.05) is 13.0 Å². The Balaban J connectivity index is 1.89. The summed E-state index contributed by atoms with van der Waals surface area (Å²) in [5.41, 5.74) is 6.15. The summed E-state index contributed by atoms with van der Waals surface area (Å²) in [7, 11) is 0. The maximum atomic E-state index is 11.7. The van der Waals surface area contributed by atoms with Crippen LogP contribution in [0.4, 0.5) is 0 Å². The van der Waals surface area contributed by atoms with Crippen LogP contribution in [0.15, 0.2) is 6.07 Å². The zero-order valence-corrected chi connectivity index (χ0v) is 10.7. The number of fused-ring (bicyclic) bond motifs is 1. The molecule has 0 radical (unpaired) electrons. The minimum Gasteiger partial charge on any atom is -0.273 e. The Morgan fingerprint density at radius 1 is 1.35 bits per heavy atom. The van der Waals surface area contributed by atoms with Crippen LogP contribution in [0.5, 0.6) is 0 Å². The number of hydrogen-bond acceptors (Lipinski definition) is 3. The van der Waals surface area contributed by atoms with Crippen LogP contribution >= 0.6 is 11.3 Å². The molecule has 92 valence electrons. The molecular weight excluding hydrogens is 236 g/mol. The molecule has 17 heavy (non-hydrogen) atoms. The second kappa shape index (κ2) is 5.31. The van der Waals surface area contributed by atoms with Gasteiger partial charge in [0.05, 0.1) is 4.88 Å². The van der Waals surface area contributed by atoms with Crippen molar-refractivity contribution in [2.75, 3.05) is 0 Å². The molecule has 4 nitrogen and oxygen atoms in total. The summed E-state index contributed by atoms with van der Waals surface area (Å²) in [5.74, 6) is -0.362. The number of hydrogen-bond donors (Lipinski definition) is 2. The van der Waals surface area contributed by atoms with Crippen molar-refractivity contribution < 1.29 is 9.59 Å². The molecule has 0 saturated carbocycles. The van der Waals surface area contributed by atoms with Crippen molar-refractivity contribution >= 4 is 23.2 Å². The second-order valence-corrected chi connectivity index (χ2v) is 5.30. The molecule has 2 amide bonds. The lowest BCUT2D eigenvalue weighted by Gasteiger charge is -2.04. The summed E-state index contributed by atoms with van der Waals surface area (Å²) in [4.78, 5) is 24.9. The lowest BCUT2D eigenvalue weighted by molar-refractivity contribution is -0.121. The molecule has 0 aromatic carbocycles. The first-order valence-corrected chi connectivity index (χ1v) is 6.73. The third-order valence-corrected chi connectivity index (χ3v) is 4.00. The van der Waals surface area contributed by atoms with Crippen LogP contribution in [0.1, 0.15) is 46.3 Å². The van der Waals surface area contributed by atoms with Crippen molar-refractivity contribution in [1.29, 1.82) is 0 Å². The molecule has 2 N–H and O–H groups in total. The van der Waals surface area contributed by atoms with Gasteiger partial charge in [0.25, 0.3) is 5.91 Å². The summed E-state index contributed by atoms with van der Waals surface area (Å²) in [6.45, 7) is 1.92. The van der Waals surface area contributed by atoms with E-state index in [4.69, 9.17) is 0 Å². The lowest BCUT2D eigenvalue weighted by atomic mass is 10.2. The van der Waals surface area contributed by atoms with E-state index in [2.05, 4.69) is 10.9 Å². The molecule has 1 aliphatic carbocycles. The van der Waals surface area contributed by atoms with E-state index in [0.29, 0.717) is 11.3 Å². The molecule has 1 heterocycles. The van der Waals surface area contributed by atoms with Crippen molar-refractivity contribution in [3.8, 4) is 0 Å². The Morgan fingerprint density at radius 3 is 2.88 bits per heavy atom. The number of hydrazine groups is 1. The van der Waals surface area contributed by atoms with Crippen LogP contribution in [0.25, 0.3) is 0 Å². The molecule has 0 atom stereocenters. The SMILES string of the molecule is CCCC(=O)NNC(=O)c1cc2c(s1)CCC2. The van der Waals surface area contributed by atoms with E-state index in [-0.39, 0.29) is 11.8 Å². The summed E-state index contributed by atoms with van der Waals surface area (Å²) >= 11 is 1.53. The first-order valence-electron chi connectivity index (χ1n) is 5.91. The first kappa shape index (κ1) is 12.1. The smallest absolute Gasteiger partial charge is 0.273 e. The molecule has 1 aromatic heterocycles. The average molecular weight is 252 g/mol. The Kier molecular flexibility index (Phi) is 3.78. The second-order valence-electron chi connectivity index (χ2n) is 4.16. The number of carbonyl (C=O) groups is 2. The Morgan fingerprint density at radius 2 is 2.18 bits per heavy atom. The minimum atomic E-state index is -0.214. The third-order valence-electron chi connectivity index (χ3n) is 2.76. The minimum absolute atomic E-state index is 0.148. The monoisotopic (exact) mass is 252 g/mol. The zero-order chi connectivity index (χ0) is 12.3. The van der Waals surface area contributed by atoms with Crippen LogP contribution in [0, 0.1) is 0 Å². The average Bonchev–Trinajstić information content (AvgIpc) is 2.86. The van der Waals surface area contributed by atoms with Gasteiger partial charge in [-0.2, -0.15) is 0 Å². The molecule has 5 heteroatoms. The van der Waals surface area contributed by atoms with Crippen molar-refractivity contribution in [2.45, 2.75) is 39.0 Å². The molecule has 0 bridgehead atoms. The van der Waals surface area contributed by atoms with Gasteiger partial charge in [0.2, 0.25) is 5.91 Å². The standard InChI is InChI=1S/C12H16N2O2S/c1-2-4-11(15)13-14-12(16)10-7-8-5-3-6-9(8)17-10/h7H,2-6H2,1H3,(H,13,15)(H,14,16). The van der Waals surface area contributed by atoms with Crippen molar-refractivity contribution in [3.05, 3.63) is 21.4 Å². The van der Waals surface area contributed by atoms with Crippen molar-refractivity contribution in [2.24, 2.45) is 0 Å². The summed E-state index contributed by atoms with van der Waals surface area (Å²) in [6.07, 6.45) is 4.54. The van der Waals surface area contributed by atoms with E-state index < -0.39 is 0 Å². The predicted molar refractivity (Wildman–Crippen MR) is 66.9 cm³/mol. The molecule has 0 saturated heterocycles. The Hall–Kier alpha value is -1.36. The maximum absolute atomic E-state index is 11.7. The van der Waals surface area contributed by atoms with E-state index >= 15 is 0 Å². The molecular formula is C12H16N2O2S. The molecule has 0 unspecified atom stereocenters. The van der Waals surface area contributed by atoms with Crippen LogP contribution in [0.3, 0.4) is 0 Å². The fourth-order valence-corrected chi connectivity index (χ4v) is 3.07. The highest BCUT2D eigenvalue weighted by Crippen LogP contribution is 2.30. The maximum Gasteiger partial charge on any atom is 0.279 e. The summed E-state index contributed by atoms with van der Waals surface area (Å²) < 4.78 is 0. The van der Waals surface area contributed by atoms with Gasteiger partial charge in [-0.25, -0.2) is 0 Å². The van der Waals surface area contributed by atoms with Gasteiger partial charge in [0.1, 0.15) is 0 Å². The normalized spacial score (nSPS) is 13.2. The van der Waals surface area contributed by atoms with Gasteiger partial charge >= 0.3 is 0 Å². The van der Waals surface area contributed by atoms with Gasteiger partial charge in [-0.3, -0.25) is 20.4 Å². The molecule has 0 aliphatic heterocycles. The highest BCUT2D eigenvalue weighted by Gasteiger charge is 2.18. The summed E-state index contributed by atoms with van der Waals surface area (Å²) in [5, 5.41) is 0. The topological polar surface area (TPSA) is 58.2 Å². The van der Waals surface area contributed by atoms with E-state index in [9.17, 15) is 9.59 Å². The molecule has 1 aromatic rings. The largest absolute Gasteiger partial charge is 0.279 e. The van der Waals surface area contributed by atoms with Crippen LogP contribution in [-0.2, 0) is 17.6 Å². The molecule has 0 fully saturated rings. The number of aryl methyl sites for hydroxylation is 2. The zero-order valence-electron chi connectivity index (χ0n) is 9.84. The van der Waals surface area contributed by atoms with Crippen LogP contribution < -0.4 is 10.9 Å². The van der Waals surface area contributed by atoms with Gasteiger partial charge in [-0.05, 0) is 37.3 Å². The quantitative estimate of drug-likeness (QED) is 0.806. The van der Waals surface area contributed by atoms with Gasteiger partial charge in [0.15, 0.2) is 0 Å². The number of carbonyl (C=O) groups excluding carboxylic acids is 2. The molecule has 1 aliphatic rings. The van der Waals surface area contributed by atoms with Gasteiger partial charge in [-0.15, -0.1) is 11.3 Å². The van der Waals surface area contributed by atoms with E-state index in [0.717, 1.165) is 19.3 Å². The number of nitrogens with one attached hydrogen (secondary N) is 2. The van der Waals surface area contributed by atoms with Crippen LogP contribution in [-0.4, -0.2) is 11.8 Å². The van der Waals surface area contributed by atoms with E-state index in [1.54, 1.807) is 0 Å². The fraction of sp³-hybridized carbons (Fsp3) is 0.500. The third kappa shape index (κ3) is 2.85.